The fourth-order valence-corrected chi connectivity index (χ4v) is 3.36. The Morgan fingerprint density at radius 3 is 2.53 bits per heavy atom. The van der Waals surface area contributed by atoms with Gasteiger partial charge in [0.25, 0.3) is 0 Å². The fourth-order valence-electron chi connectivity index (χ4n) is 3.26. The van der Waals surface area contributed by atoms with Crippen LogP contribution in [0.15, 0.2) is 47.0 Å². The van der Waals surface area contributed by atoms with E-state index < -0.39 is 6.36 Å². The van der Waals surface area contributed by atoms with Gasteiger partial charge < -0.3 is 18.8 Å². The lowest BCUT2D eigenvalue weighted by Crippen LogP contribution is -2.17. The van der Waals surface area contributed by atoms with E-state index in [0.717, 1.165) is 10.9 Å². The van der Waals surface area contributed by atoms with Crippen molar-refractivity contribution in [3.63, 3.8) is 0 Å². The molecule has 0 saturated carbocycles. The summed E-state index contributed by atoms with van der Waals surface area (Å²) >= 11 is 5.70. The second kappa shape index (κ2) is 7.56. The number of aromatic nitrogens is 3. The molecule has 0 saturated heterocycles. The fraction of sp³-hybridized carbons (Fsp3) is 0.200. The van der Waals surface area contributed by atoms with Gasteiger partial charge in [0, 0.05) is 22.5 Å². The first-order chi connectivity index (χ1) is 14.2. The molecule has 0 atom stereocenters. The molecule has 1 N–H and O–H groups in total. The molecule has 4 rings (SSSR count). The van der Waals surface area contributed by atoms with E-state index in [1.54, 1.807) is 10.8 Å². The minimum absolute atomic E-state index is 0.0524. The van der Waals surface area contributed by atoms with Crippen molar-refractivity contribution in [3.8, 4) is 23.1 Å². The predicted molar refractivity (Wildman–Crippen MR) is 103 cm³/mol. The van der Waals surface area contributed by atoms with Crippen LogP contribution >= 0.6 is 11.6 Å². The van der Waals surface area contributed by atoms with Gasteiger partial charge in [-0.2, -0.15) is 0 Å². The molecule has 0 amide bonds. The summed E-state index contributed by atoms with van der Waals surface area (Å²) in [6.07, 6.45) is -2.99. The third-order valence-corrected chi connectivity index (χ3v) is 4.72. The number of hydrogen-bond acceptors (Lipinski definition) is 5. The molecule has 0 spiro atoms. The monoisotopic (exact) mass is 437 g/mol. The van der Waals surface area contributed by atoms with Crippen LogP contribution in [0.5, 0.6) is 11.6 Å². The van der Waals surface area contributed by atoms with E-state index >= 15 is 0 Å². The number of fused-ring (bicyclic) bond motifs is 1. The van der Waals surface area contributed by atoms with E-state index in [2.05, 4.69) is 14.9 Å². The minimum Gasteiger partial charge on any atom is -0.494 e. The van der Waals surface area contributed by atoms with Crippen LogP contribution in [-0.4, -0.2) is 26.2 Å². The van der Waals surface area contributed by atoms with Gasteiger partial charge in [-0.15, -0.1) is 35.0 Å². The van der Waals surface area contributed by atoms with Crippen LogP contribution in [-0.2, 0) is 12.4 Å². The molecule has 2 aromatic heterocycles. The third kappa shape index (κ3) is 4.06. The van der Waals surface area contributed by atoms with Gasteiger partial charge in [0.05, 0.1) is 6.54 Å². The molecule has 0 unspecified atom stereocenters. The van der Waals surface area contributed by atoms with E-state index in [0.29, 0.717) is 28.3 Å². The van der Waals surface area contributed by atoms with E-state index in [9.17, 15) is 18.3 Å². The Morgan fingerprint density at radius 2 is 1.90 bits per heavy atom. The molecular weight excluding hydrogens is 423 g/mol. The Balaban J connectivity index is 1.63. The lowest BCUT2D eigenvalue weighted by molar-refractivity contribution is -0.274. The topological polar surface area (TPSA) is 73.3 Å². The van der Waals surface area contributed by atoms with Crippen molar-refractivity contribution in [2.24, 2.45) is 0 Å². The first-order valence-corrected chi connectivity index (χ1v) is 9.33. The Morgan fingerprint density at radius 1 is 1.17 bits per heavy atom. The maximum Gasteiger partial charge on any atom is 0.573 e. The number of rotatable bonds is 5. The van der Waals surface area contributed by atoms with E-state index in [1.165, 1.54) is 24.3 Å². The Kier molecular flexibility index (Phi) is 5.07. The average molecular weight is 438 g/mol. The number of benzene rings is 2. The molecule has 10 heteroatoms. The molecule has 6 nitrogen and oxygen atoms in total. The summed E-state index contributed by atoms with van der Waals surface area (Å²) < 4.78 is 47.9. The summed E-state index contributed by atoms with van der Waals surface area (Å²) in [4.78, 5) is 0. The minimum atomic E-state index is -4.74. The second-order valence-corrected chi connectivity index (χ2v) is 6.93. The molecule has 0 aliphatic rings. The number of hydrogen-bond donors (Lipinski definition) is 1. The van der Waals surface area contributed by atoms with Crippen molar-refractivity contribution in [3.05, 3.63) is 59.6 Å². The maximum atomic E-state index is 12.3. The zero-order chi connectivity index (χ0) is 21.5. The molecular formula is C20H15ClF3N3O3. The van der Waals surface area contributed by atoms with Gasteiger partial charge in [0.1, 0.15) is 11.6 Å². The van der Waals surface area contributed by atoms with Crippen molar-refractivity contribution < 1.29 is 27.4 Å². The van der Waals surface area contributed by atoms with Crippen molar-refractivity contribution in [2.75, 3.05) is 0 Å². The van der Waals surface area contributed by atoms with Crippen molar-refractivity contribution in [1.29, 1.82) is 0 Å². The molecule has 2 aromatic carbocycles. The summed E-state index contributed by atoms with van der Waals surface area (Å²) in [6, 6.07) is 9.11. The molecule has 0 radical (unpaired) electrons. The lowest BCUT2D eigenvalue weighted by atomic mass is 10.1. The van der Waals surface area contributed by atoms with Crippen molar-refractivity contribution in [2.45, 2.75) is 25.7 Å². The van der Waals surface area contributed by atoms with Crippen LogP contribution in [0.1, 0.15) is 17.0 Å². The molecule has 0 bridgehead atoms. The molecule has 30 heavy (non-hydrogen) atoms. The maximum absolute atomic E-state index is 12.3. The number of nitrogens with zero attached hydrogens (tertiary/aromatic N) is 3. The second-order valence-electron chi connectivity index (χ2n) is 6.66. The summed E-state index contributed by atoms with van der Waals surface area (Å²) in [5, 5.41) is 19.9. The molecule has 0 aliphatic carbocycles. The first kappa shape index (κ1) is 20.1. The molecule has 4 aromatic rings. The van der Waals surface area contributed by atoms with Gasteiger partial charge in [-0.05, 0) is 42.3 Å². The van der Waals surface area contributed by atoms with E-state index in [-0.39, 0.29) is 24.1 Å². The SMILES string of the molecule is Cc1cc(-c2nnc(CCl)o2)cc2cn(Cc3ccc(OC(F)(F)F)cc3)c(O)c12. The zero-order valence-corrected chi connectivity index (χ0v) is 16.3. The summed E-state index contributed by atoms with van der Waals surface area (Å²) in [7, 11) is 0. The van der Waals surface area contributed by atoms with Gasteiger partial charge in [0.2, 0.25) is 11.8 Å². The normalized spacial score (nSPS) is 11.9. The van der Waals surface area contributed by atoms with Crippen molar-refractivity contribution >= 4 is 22.4 Å². The Bertz CT molecular complexity index is 1200. The van der Waals surface area contributed by atoms with Crippen LogP contribution in [0.2, 0.25) is 0 Å². The predicted octanol–water partition coefficient (Wildman–Crippen LogP) is 5.39. The first-order valence-electron chi connectivity index (χ1n) is 8.79. The number of alkyl halides is 4. The average Bonchev–Trinajstić information content (AvgIpc) is 3.27. The zero-order valence-electron chi connectivity index (χ0n) is 15.6. The van der Waals surface area contributed by atoms with E-state index in [1.807, 2.05) is 19.1 Å². The van der Waals surface area contributed by atoms with Crippen LogP contribution in [0, 0.1) is 6.92 Å². The number of aryl methyl sites for hydroxylation is 1. The molecule has 156 valence electrons. The molecule has 2 heterocycles. The Hall–Kier alpha value is -3.20. The summed E-state index contributed by atoms with van der Waals surface area (Å²) in [6.45, 7) is 2.11. The van der Waals surface area contributed by atoms with Crippen LogP contribution in [0.3, 0.4) is 0 Å². The summed E-state index contributed by atoms with van der Waals surface area (Å²) in [5.41, 5.74) is 2.19. The van der Waals surface area contributed by atoms with Gasteiger partial charge in [0.15, 0.2) is 5.88 Å². The standard InChI is InChI=1S/C20H15ClF3N3O3/c1-11-6-13(18-26-25-16(8-21)29-18)7-14-10-27(19(28)17(11)14)9-12-2-4-15(5-3-12)30-20(22,23)24/h2-7,10,28H,8-9H2,1H3. The van der Waals surface area contributed by atoms with Crippen molar-refractivity contribution in [1.82, 2.24) is 14.8 Å². The summed E-state index contributed by atoms with van der Waals surface area (Å²) in [5.74, 6) is 0.491. The van der Waals surface area contributed by atoms with E-state index in [4.69, 9.17) is 16.0 Å². The number of halogens is 4. The van der Waals surface area contributed by atoms with Gasteiger partial charge in [-0.1, -0.05) is 12.1 Å². The molecule has 0 aliphatic heterocycles. The lowest BCUT2D eigenvalue weighted by Gasteiger charge is -2.10. The highest BCUT2D eigenvalue weighted by atomic mass is 35.5. The van der Waals surface area contributed by atoms with Gasteiger partial charge in [-0.3, -0.25) is 0 Å². The number of aromatic hydroxyl groups is 1. The smallest absolute Gasteiger partial charge is 0.494 e. The quantitative estimate of drug-likeness (QED) is 0.424. The highest BCUT2D eigenvalue weighted by Crippen LogP contribution is 2.34. The van der Waals surface area contributed by atoms with Crippen LogP contribution in [0.25, 0.3) is 22.2 Å². The highest BCUT2D eigenvalue weighted by molar-refractivity contribution is 6.16. The largest absolute Gasteiger partial charge is 0.573 e. The number of ether oxygens (including phenoxy) is 1. The van der Waals surface area contributed by atoms with Gasteiger partial charge >= 0.3 is 6.36 Å². The van der Waals surface area contributed by atoms with Crippen LogP contribution < -0.4 is 4.74 Å². The van der Waals surface area contributed by atoms with Gasteiger partial charge in [-0.25, -0.2) is 0 Å². The Labute approximate surface area is 173 Å². The van der Waals surface area contributed by atoms with Crippen LogP contribution in [0.4, 0.5) is 13.2 Å². The highest BCUT2D eigenvalue weighted by Gasteiger charge is 2.31. The third-order valence-electron chi connectivity index (χ3n) is 4.49. The molecule has 0 fully saturated rings.